The number of aliphatic carboxylic acids is 1. The fourth-order valence-corrected chi connectivity index (χ4v) is 6.82. The van der Waals surface area contributed by atoms with Crippen molar-refractivity contribution < 1.29 is 23.4 Å². The third kappa shape index (κ3) is 6.44. The van der Waals surface area contributed by atoms with Gasteiger partial charge in [0.15, 0.2) is 0 Å². The summed E-state index contributed by atoms with van der Waals surface area (Å²) in [6.07, 6.45) is 1.46. The second kappa shape index (κ2) is 11.9. The van der Waals surface area contributed by atoms with Crippen molar-refractivity contribution in [3.63, 3.8) is 0 Å². The molecule has 4 rings (SSSR count). The number of rotatable bonds is 10. The summed E-state index contributed by atoms with van der Waals surface area (Å²) in [6.45, 7) is 1.93. The maximum atomic E-state index is 15.5. The zero-order chi connectivity index (χ0) is 24.9. The monoisotopic (exact) mass is 540 g/mol. The van der Waals surface area contributed by atoms with E-state index < -0.39 is 18.1 Å². The Morgan fingerprint density at radius 1 is 1.43 bits per heavy atom. The normalized spacial score (nSPS) is 19.7. The zero-order valence-electron chi connectivity index (χ0n) is 19.3. The summed E-state index contributed by atoms with van der Waals surface area (Å²) in [6, 6.07) is 6.79. The number of piperidine rings is 1. The number of hydrogen-bond acceptors (Lipinski definition) is 6. The number of nitrogens with zero attached hydrogens (tertiary/aromatic N) is 2. The molecule has 1 saturated heterocycles. The van der Waals surface area contributed by atoms with Crippen LogP contribution in [-0.4, -0.2) is 53.5 Å². The Bertz CT molecular complexity index is 1180. The number of likely N-dealkylation sites (tertiary alicyclic amines) is 1. The fourth-order valence-electron chi connectivity index (χ4n) is 4.66. The highest BCUT2D eigenvalue weighted by Gasteiger charge is 2.34. The Balaban J connectivity index is 1.37. The maximum absolute atomic E-state index is 15.5. The first-order valence-corrected chi connectivity index (χ1v) is 13.7. The standard InChI is InChI=1S/C25H27ClF2N2O3S2/c1-33-17-3-5-22-18(11-17)24(20(26)12-29-22)21(28)4-2-15-6-7-30(13-19(15)25(31)32)8-9-34-23-10-16(27)14-35-23/h3,5,10-12,14-15,19,21H,2,4,6-9,13H2,1H3,(H,31,32)/t15-,19+,21-/m0/s1. The molecule has 3 heterocycles. The van der Waals surface area contributed by atoms with Crippen molar-refractivity contribution in [1.29, 1.82) is 0 Å². The highest BCUT2D eigenvalue weighted by atomic mass is 35.5. The maximum Gasteiger partial charge on any atom is 0.308 e. The van der Waals surface area contributed by atoms with Crippen molar-refractivity contribution in [3.8, 4) is 5.75 Å². The summed E-state index contributed by atoms with van der Waals surface area (Å²) in [5.74, 6) is -0.375. The molecule has 0 aliphatic carbocycles. The van der Waals surface area contributed by atoms with Crippen molar-refractivity contribution in [2.45, 2.75) is 29.6 Å². The Kier molecular flexibility index (Phi) is 8.86. The van der Waals surface area contributed by atoms with Gasteiger partial charge in [0, 0.05) is 41.4 Å². The number of thiophene rings is 1. The molecule has 0 saturated carbocycles. The lowest BCUT2D eigenvalue weighted by Gasteiger charge is -2.36. The lowest BCUT2D eigenvalue weighted by atomic mass is 9.81. The first-order chi connectivity index (χ1) is 16.9. The summed E-state index contributed by atoms with van der Waals surface area (Å²) in [5, 5.41) is 12.2. The van der Waals surface area contributed by atoms with E-state index >= 15 is 4.39 Å². The van der Waals surface area contributed by atoms with Gasteiger partial charge in [0.1, 0.15) is 17.7 Å². The summed E-state index contributed by atoms with van der Waals surface area (Å²) in [4.78, 5) is 18.4. The highest BCUT2D eigenvalue weighted by Crippen LogP contribution is 2.38. The van der Waals surface area contributed by atoms with E-state index in [-0.39, 0.29) is 23.2 Å². The number of ether oxygens (including phenoxy) is 1. The van der Waals surface area contributed by atoms with E-state index in [0.29, 0.717) is 41.6 Å². The molecule has 0 amide bonds. The zero-order valence-corrected chi connectivity index (χ0v) is 21.6. The van der Waals surface area contributed by atoms with Crippen LogP contribution < -0.4 is 4.74 Å². The minimum atomic E-state index is -1.34. The van der Waals surface area contributed by atoms with E-state index in [1.807, 2.05) is 0 Å². The first-order valence-electron chi connectivity index (χ1n) is 11.4. The quantitative estimate of drug-likeness (QED) is 0.289. The molecule has 5 nitrogen and oxygen atoms in total. The van der Waals surface area contributed by atoms with Crippen molar-refractivity contribution in [2.24, 2.45) is 11.8 Å². The van der Waals surface area contributed by atoms with Gasteiger partial charge in [0.05, 0.1) is 27.8 Å². The third-order valence-electron chi connectivity index (χ3n) is 6.52. The number of fused-ring (bicyclic) bond motifs is 1. The van der Waals surface area contributed by atoms with Gasteiger partial charge in [-0.05, 0) is 56.0 Å². The van der Waals surface area contributed by atoms with Crippen molar-refractivity contribution in [3.05, 3.63) is 52.2 Å². The SMILES string of the molecule is COc1ccc2ncc(Cl)c([C@@H](F)CC[C@H]3CCN(CCSc4cc(F)cs4)C[C@H]3C(=O)O)c2c1. The van der Waals surface area contributed by atoms with Gasteiger partial charge in [-0.25, -0.2) is 8.78 Å². The van der Waals surface area contributed by atoms with E-state index in [9.17, 15) is 14.3 Å². The van der Waals surface area contributed by atoms with Crippen LogP contribution in [0.2, 0.25) is 5.02 Å². The number of methoxy groups -OCH3 is 1. The largest absolute Gasteiger partial charge is 0.497 e. The number of thioether (sulfide) groups is 1. The van der Waals surface area contributed by atoms with Crippen LogP contribution >= 0.6 is 34.7 Å². The van der Waals surface area contributed by atoms with Gasteiger partial charge < -0.3 is 14.7 Å². The Morgan fingerprint density at radius 2 is 2.26 bits per heavy atom. The smallest absolute Gasteiger partial charge is 0.308 e. The number of hydrogen-bond donors (Lipinski definition) is 1. The Labute approximate surface area is 216 Å². The van der Waals surface area contributed by atoms with Crippen LogP contribution in [0.15, 0.2) is 40.1 Å². The number of carboxylic acid groups (broad SMARTS) is 1. The molecule has 1 N–H and O–H groups in total. The number of aromatic nitrogens is 1. The minimum absolute atomic E-state index is 0.109. The molecule has 1 fully saturated rings. The molecule has 35 heavy (non-hydrogen) atoms. The molecule has 0 unspecified atom stereocenters. The molecule has 3 aromatic rings. The number of carbonyl (C=O) groups is 1. The van der Waals surface area contributed by atoms with Gasteiger partial charge in [-0.15, -0.1) is 23.1 Å². The van der Waals surface area contributed by atoms with E-state index in [0.717, 1.165) is 23.1 Å². The molecule has 1 aliphatic rings. The second-order valence-corrected chi connectivity index (χ2v) is 11.4. The molecule has 3 atom stereocenters. The summed E-state index contributed by atoms with van der Waals surface area (Å²) < 4.78 is 34.8. The minimum Gasteiger partial charge on any atom is -0.497 e. The number of benzene rings is 1. The summed E-state index contributed by atoms with van der Waals surface area (Å²) in [5.41, 5.74) is 1.01. The number of alkyl halides is 1. The molecule has 0 radical (unpaired) electrons. The van der Waals surface area contributed by atoms with Gasteiger partial charge in [0.25, 0.3) is 0 Å². The molecule has 188 valence electrons. The molecule has 0 spiro atoms. The van der Waals surface area contributed by atoms with E-state index in [4.69, 9.17) is 16.3 Å². The van der Waals surface area contributed by atoms with Crippen LogP contribution in [0.5, 0.6) is 5.75 Å². The van der Waals surface area contributed by atoms with Crippen LogP contribution in [0.25, 0.3) is 10.9 Å². The molecule has 2 aromatic heterocycles. The van der Waals surface area contributed by atoms with Crippen LogP contribution in [0, 0.1) is 17.7 Å². The number of pyridine rings is 1. The number of halogens is 3. The molecule has 0 bridgehead atoms. The van der Waals surface area contributed by atoms with Crippen LogP contribution in [0.4, 0.5) is 8.78 Å². The van der Waals surface area contributed by atoms with Gasteiger partial charge in [-0.1, -0.05) is 11.6 Å². The third-order valence-corrected chi connectivity index (χ3v) is 8.95. The second-order valence-electron chi connectivity index (χ2n) is 8.67. The van der Waals surface area contributed by atoms with Crippen molar-refractivity contribution >= 4 is 51.6 Å². The lowest BCUT2D eigenvalue weighted by Crippen LogP contribution is -2.44. The van der Waals surface area contributed by atoms with E-state index in [1.54, 1.807) is 37.1 Å². The fraction of sp³-hybridized carbons (Fsp3) is 0.440. The van der Waals surface area contributed by atoms with Crippen molar-refractivity contribution in [1.82, 2.24) is 9.88 Å². The predicted octanol–water partition coefficient (Wildman–Crippen LogP) is 6.70. The van der Waals surface area contributed by atoms with E-state index in [2.05, 4.69) is 9.88 Å². The Hall–Kier alpha value is -1.94. The van der Waals surface area contributed by atoms with Gasteiger partial charge in [-0.2, -0.15) is 0 Å². The van der Waals surface area contributed by atoms with Crippen LogP contribution in [-0.2, 0) is 4.79 Å². The number of carboxylic acids is 1. The first kappa shape index (κ1) is 26.1. The van der Waals surface area contributed by atoms with Gasteiger partial charge in [-0.3, -0.25) is 9.78 Å². The van der Waals surface area contributed by atoms with Gasteiger partial charge >= 0.3 is 5.97 Å². The van der Waals surface area contributed by atoms with Crippen LogP contribution in [0.1, 0.15) is 31.0 Å². The van der Waals surface area contributed by atoms with Crippen molar-refractivity contribution in [2.75, 3.05) is 32.5 Å². The summed E-state index contributed by atoms with van der Waals surface area (Å²) >= 11 is 9.29. The molecule has 10 heteroatoms. The Morgan fingerprint density at radius 3 is 2.97 bits per heavy atom. The predicted molar refractivity (Wildman–Crippen MR) is 137 cm³/mol. The molecule has 1 aliphatic heterocycles. The molecule has 1 aromatic carbocycles. The van der Waals surface area contributed by atoms with E-state index in [1.165, 1.54) is 29.0 Å². The lowest BCUT2D eigenvalue weighted by molar-refractivity contribution is -0.146. The average molecular weight is 541 g/mol. The summed E-state index contributed by atoms with van der Waals surface area (Å²) in [7, 11) is 1.55. The molecular weight excluding hydrogens is 514 g/mol. The molecular formula is C25H27ClF2N2O3S2. The highest BCUT2D eigenvalue weighted by molar-refractivity contribution is 8.01. The van der Waals surface area contributed by atoms with Gasteiger partial charge in [0.2, 0.25) is 0 Å². The van der Waals surface area contributed by atoms with Crippen LogP contribution in [0.3, 0.4) is 0 Å². The topological polar surface area (TPSA) is 62.7 Å². The average Bonchev–Trinajstić information content (AvgIpc) is 3.27.